The third kappa shape index (κ3) is 2.00. The lowest BCUT2D eigenvalue weighted by molar-refractivity contribution is 0.0529. The first-order chi connectivity index (χ1) is 8.69. The molecule has 0 fully saturated rings. The second-order valence-electron chi connectivity index (χ2n) is 3.43. The fourth-order valence-corrected chi connectivity index (χ4v) is 2.40. The van der Waals surface area contributed by atoms with Gasteiger partial charge in [0.2, 0.25) is 0 Å². The zero-order chi connectivity index (χ0) is 13.1. The molecule has 0 atom stereocenters. The SMILES string of the molecule is C#CCn1cnc2scc(C(=O)OCC)c2c1=O. The van der Waals surface area contributed by atoms with E-state index in [0.29, 0.717) is 4.83 Å². The lowest BCUT2D eigenvalue weighted by Crippen LogP contribution is -2.21. The van der Waals surface area contributed by atoms with E-state index >= 15 is 0 Å². The number of terminal acetylenes is 1. The summed E-state index contributed by atoms with van der Waals surface area (Å²) < 4.78 is 6.19. The van der Waals surface area contributed by atoms with E-state index in [0.717, 1.165) is 0 Å². The Morgan fingerprint density at radius 1 is 1.67 bits per heavy atom. The molecule has 2 aromatic rings. The van der Waals surface area contributed by atoms with Crippen LogP contribution in [0.25, 0.3) is 10.2 Å². The van der Waals surface area contributed by atoms with Crippen molar-refractivity contribution in [2.24, 2.45) is 0 Å². The molecule has 0 saturated heterocycles. The first kappa shape index (κ1) is 12.3. The van der Waals surface area contributed by atoms with Crippen LogP contribution in [0.2, 0.25) is 0 Å². The third-order valence-corrected chi connectivity index (χ3v) is 3.20. The van der Waals surface area contributed by atoms with Gasteiger partial charge in [0.15, 0.2) is 0 Å². The Labute approximate surface area is 107 Å². The van der Waals surface area contributed by atoms with Crippen LogP contribution in [0.5, 0.6) is 0 Å². The van der Waals surface area contributed by atoms with Gasteiger partial charge in [-0.2, -0.15) is 0 Å². The number of fused-ring (bicyclic) bond motifs is 1. The second kappa shape index (κ2) is 5.02. The number of hydrogen-bond donors (Lipinski definition) is 0. The maximum atomic E-state index is 12.1. The predicted molar refractivity (Wildman–Crippen MR) is 68.7 cm³/mol. The van der Waals surface area contributed by atoms with Crippen molar-refractivity contribution in [2.75, 3.05) is 6.61 Å². The molecular formula is C12H10N2O3S. The Balaban J connectivity index is 2.64. The van der Waals surface area contributed by atoms with Crippen molar-refractivity contribution in [3.8, 4) is 12.3 Å². The van der Waals surface area contributed by atoms with Gasteiger partial charge in [-0.3, -0.25) is 9.36 Å². The summed E-state index contributed by atoms with van der Waals surface area (Å²) in [6.45, 7) is 2.09. The molecule has 5 nitrogen and oxygen atoms in total. The largest absolute Gasteiger partial charge is 0.462 e. The summed E-state index contributed by atoms with van der Waals surface area (Å²) in [6, 6.07) is 0. The number of hydrogen-bond acceptors (Lipinski definition) is 5. The van der Waals surface area contributed by atoms with Crippen molar-refractivity contribution in [1.82, 2.24) is 9.55 Å². The molecular weight excluding hydrogens is 252 g/mol. The standard InChI is InChI=1S/C12H10N2O3S/c1-3-5-14-7-13-10-9(11(14)15)8(6-18-10)12(16)17-4-2/h1,6-7H,4-5H2,2H3. The van der Waals surface area contributed by atoms with E-state index in [1.807, 2.05) is 0 Å². The number of nitrogens with zero attached hydrogens (tertiary/aromatic N) is 2. The number of ether oxygens (including phenoxy) is 1. The monoisotopic (exact) mass is 262 g/mol. The Kier molecular flexibility index (Phi) is 3.44. The lowest BCUT2D eigenvalue weighted by atomic mass is 10.2. The fraction of sp³-hybridized carbons (Fsp3) is 0.250. The summed E-state index contributed by atoms with van der Waals surface area (Å²) in [4.78, 5) is 28.5. The average Bonchev–Trinajstić information content (AvgIpc) is 2.78. The van der Waals surface area contributed by atoms with E-state index in [-0.39, 0.29) is 29.7 Å². The van der Waals surface area contributed by atoms with Crippen LogP contribution in [0.4, 0.5) is 0 Å². The summed E-state index contributed by atoms with van der Waals surface area (Å²) in [5.74, 6) is 1.85. The van der Waals surface area contributed by atoms with Gasteiger partial charge in [-0.15, -0.1) is 17.8 Å². The van der Waals surface area contributed by atoms with Crippen molar-refractivity contribution in [3.63, 3.8) is 0 Å². The number of esters is 1. The van der Waals surface area contributed by atoms with Crippen LogP contribution >= 0.6 is 11.3 Å². The molecule has 0 aliphatic carbocycles. The van der Waals surface area contributed by atoms with Crippen molar-refractivity contribution >= 4 is 27.5 Å². The highest BCUT2D eigenvalue weighted by Crippen LogP contribution is 2.21. The molecule has 0 aliphatic rings. The summed E-state index contributed by atoms with van der Waals surface area (Å²) in [7, 11) is 0. The second-order valence-corrected chi connectivity index (χ2v) is 4.29. The maximum Gasteiger partial charge on any atom is 0.339 e. The van der Waals surface area contributed by atoms with Crippen LogP contribution in [-0.2, 0) is 11.3 Å². The number of aromatic nitrogens is 2. The number of carbonyl (C=O) groups is 1. The van der Waals surface area contributed by atoms with Gasteiger partial charge in [0, 0.05) is 5.38 Å². The Bertz CT molecular complexity index is 693. The maximum absolute atomic E-state index is 12.1. The molecule has 0 radical (unpaired) electrons. The highest BCUT2D eigenvalue weighted by molar-refractivity contribution is 7.17. The summed E-state index contributed by atoms with van der Waals surface area (Å²) in [5.41, 5.74) is -0.0667. The van der Waals surface area contributed by atoms with E-state index in [4.69, 9.17) is 11.2 Å². The summed E-state index contributed by atoms with van der Waals surface area (Å²) in [5, 5.41) is 1.85. The van der Waals surface area contributed by atoms with Gasteiger partial charge in [-0.1, -0.05) is 5.92 Å². The first-order valence-electron chi connectivity index (χ1n) is 5.26. The Hall–Kier alpha value is -2.13. The normalized spacial score (nSPS) is 10.2. The zero-order valence-electron chi connectivity index (χ0n) is 9.67. The summed E-state index contributed by atoms with van der Waals surface area (Å²) >= 11 is 1.23. The Morgan fingerprint density at radius 3 is 3.11 bits per heavy atom. The van der Waals surface area contributed by atoms with Crippen molar-refractivity contribution in [2.45, 2.75) is 13.5 Å². The smallest absolute Gasteiger partial charge is 0.339 e. The van der Waals surface area contributed by atoms with Crippen molar-refractivity contribution in [1.29, 1.82) is 0 Å². The number of rotatable bonds is 3. The molecule has 0 N–H and O–H groups in total. The van der Waals surface area contributed by atoms with Crippen molar-refractivity contribution < 1.29 is 9.53 Å². The highest BCUT2D eigenvalue weighted by atomic mass is 32.1. The topological polar surface area (TPSA) is 61.2 Å². The molecule has 0 saturated carbocycles. The zero-order valence-corrected chi connectivity index (χ0v) is 10.5. The van der Waals surface area contributed by atoms with Crippen LogP contribution in [0.15, 0.2) is 16.5 Å². The van der Waals surface area contributed by atoms with Crippen LogP contribution in [0.3, 0.4) is 0 Å². The molecule has 2 aromatic heterocycles. The van der Waals surface area contributed by atoms with E-state index in [2.05, 4.69) is 10.9 Å². The minimum Gasteiger partial charge on any atom is -0.462 e. The molecule has 0 bridgehead atoms. The van der Waals surface area contributed by atoms with Crippen molar-refractivity contribution in [3.05, 3.63) is 27.6 Å². The van der Waals surface area contributed by atoms with Gasteiger partial charge >= 0.3 is 5.97 Å². The molecule has 92 valence electrons. The molecule has 2 rings (SSSR count). The highest BCUT2D eigenvalue weighted by Gasteiger charge is 2.17. The van der Waals surface area contributed by atoms with Gasteiger partial charge < -0.3 is 4.74 Å². The van der Waals surface area contributed by atoms with Crippen LogP contribution in [0.1, 0.15) is 17.3 Å². The minimum atomic E-state index is -0.513. The van der Waals surface area contributed by atoms with E-state index < -0.39 is 5.97 Å². The fourth-order valence-electron chi connectivity index (χ4n) is 1.54. The Morgan fingerprint density at radius 2 is 2.44 bits per heavy atom. The number of carbonyl (C=O) groups excluding carboxylic acids is 1. The molecule has 0 unspecified atom stereocenters. The van der Waals surface area contributed by atoms with E-state index in [1.54, 1.807) is 12.3 Å². The first-order valence-corrected chi connectivity index (χ1v) is 6.14. The predicted octanol–water partition coefficient (Wildman–Crippen LogP) is 1.27. The molecule has 18 heavy (non-hydrogen) atoms. The van der Waals surface area contributed by atoms with Gasteiger partial charge in [0.1, 0.15) is 4.83 Å². The van der Waals surface area contributed by atoms with E-state index in [9.17, 15) is 9.59 Å². The molecule has 2 heterocycles. The molecule has 0 amide bonds. The molecule has 0 spiro atoms. The van der Waals surface area contributed by atoms with Crippen LogP contribution in [0, 0.1) is 12.3 Å². The molecule has 0 aliphatic heterocycles. The van der Waals surface area contributed by atoms with Gasteiger partial charge in [0.25, 0.3) is 5.56 Å². The molecule has 0 aromatic carbocycles. The third-order valence-electron chi connectivity index (χ3n) is 2.32. The van der Waals surface area contributed by atoms with E-state index in [1.165, 1.54) is 22.2 Å². The van der Waals surface area contributed by atoms with Crippen LogP contribution < -0.4 is 5.56 Å². The number of thiophene rings is 1. The quantitative estimate of drug-likeness (QED) is 0.617. The minimum absolute atomic E-state index is 0.125. The van der Waals surface area contributed by atoms with Gasteiger partial charge in [0.05, 0.1) is 30.4 Å². The molecule has 6 heteroatoms. The van der Waals surface area contributed by atoms with Gasteiger partial charge in [-0.25, -0.2) is 9.78 Å². The lowest BCUT2D eigenvalue weighted by Gasteiger charge is -2.02. The van der Waals surface area contributed by atoms with Crippen LogP contribution in [-0.4, -0.2) is 22.1 Å². The summed E-state index contributed by atoms with van der Waals surface area (Å²) in [6.07, 6.45) is 6.55. The average molecular weight is 262 g/mol. The van der Waals surface area contributed by atoms with Gasteiger partial charge in [-0.05, 0) is 6.92 Å².